The predicted octanol–water partition coefficient (Wildman–Crippen LogP) is 2.66. The van der Waals surface area contributed by atoms with Crippen molar-refractivity contribution in [3.8, 4) is 0 Å². The first kappa shape index (κ1) is 19.9. The average Bonchev–Trinajstić information content (AvgIpc) is 3.30. The van der Waals surface area contributed by atoms with Crippen molar-refractivity contribution in [2.45, 2.75) is 63.3 Å². The quantitative estimate of drug-likeness (QED) is 0.522. The first-order valence-electron chi connectivity index (χ1n) is 9.14. The maximum atomic E-state index is 12.6. The number of thiazole rings is 1. The lowest BCUT2D eigenvalue weighted by atomic mass is 9.85. The van der Waals surface area contributed by atoms with Crippen LogP contribution >= 0.6 is 11.3 Å². The van der Waals surface area contributed by atoms with Crippen molar-refractivity contribution in [2.24, 2.45) is 10.9 Å². The Labute approximate surface area is 160 Å². The van der Waals surface area contributed by atoms with E-state index in [-0.39, 0.29) is 24.4 Å². The molecule has 1 amide bonds. The highest BCUT2D eigenvalue weighted by atomic mass is 32.1. The van der Waals surface area contributed by atoms with Crippen LogP contribution in [0, 0.1) is 5.92 Å². The number of alkyl halides is 3. The van der Waals surface area contributed by atoms with Gasteiger partial charge in [0.1, 0.15) is 5.01 Å². The Morgan fingerprint density at radius 1 is 1.26 bits per heavy atom. The molecule has 0 bridgehead atoms. The maximum absolute atomic E-state index is 12.6. The Kier molecular flexibility index (Phi) is 6.23. The number of aliphatic imine (C=N–C) groups is 1. The van der Waals surface area contributed by atoms with Gasteiger partial charge in [0.2, 0.25) is 5.91 Å². The molecule has 2 atom stereocenters. The minimum atomic E-state index is -4.42. The third-order valence-electron chi connectivity index (χ3n) is 4.78. The van der Waals surface area contributed by atoms with Gasteiger partial charge in [-0.05, 0) is 32.1 Å². The number of hydrogen-bond acceptors (Lipinski definition) is 4. The predicted molar refractivity (Wildman–Crippen MR) is 97.4 cm³/mol. The second-order valence-corrected chi connectivity index (χ2v) is 7.98. The molecule has 0 spiro atoms. The molecular weight excluding hydrogens is 379 g/mol. The van der Waals surface area contributed by atoms with Gasteiger partial charge in [-0.1, -0.05) is 6.42 Å². The molecule has 3 rings (SSSR count). The molecule has 0 radical (unpaired) electrons. The fraction of sp³-hybridized carbons (Fsp3) is 0.706. The van der Waals surface area contributed by atoms with E-state index in [9.17, 15) is 18.0 Å². The molecule has 2 saturated carbocycles. The number of guanidine groups is 1. The molecule has 10 heteroatoms. The van der Waals surface area contributed by atoms with Crippen LogP contribution in [0.4, 0.5) is 13.2 Å². The zero-order valence-corrected chi connectivity index (χ0v) is 15.9. The van der Waals surface area contributed by atoms with Crippen LogP contribution in [0.1, 0.15) is 49.2 Å². The summed E-state index contributed by atoms with van der Waals surface area (Å²) in [7, 11) is 1.61. The first-order chi connectivity index (χ1) is 12.8. The number of nitrogens with zero attached hydrogens (tertiary/aromatic N) is 2. The van der Waals surface area contributed by atoms with Gasteiger partial charge in [0.25, 0.3) is 0 Å². The van der Waals surface area contributed by atoms with E-state index >= 15 is 0 Å². The van der Waals surface area contributed by atoms with Crippen molar-refractivity contribution >= 4 is 23.2 Å². The third kappa shape index (κ3) is 5.82. The van der Waals surface area contributed by atoms with Crippen molar-refractivity contribution in [3.63, 3.8) is 0 Å². The highest BCUT2D eigenvalue weighted by Gasteiger charge is 2.34. The molecule has 2 unspecified atom stereocenters. The number of aromatic nitrogens is 1. The minimum Gasteiger partial charge on any atom is -0.354 e. The fourth-order valence-electron chi connectivity index (χ4n) is 3.18. The van der Waals surface area contributed by atoms with Gasteiger partial charge in [-0.2, -0.15) is 13.2 Å². The number of halogens is 3. The Morgan fingerprint density at radius 3 is 2.67 bits per heavy atom. The van der Waals surface area contributed by atoms with Crippen LogP contribution in [-0.4, -0.2) is 36.0 Å². The van der Waals surface area contributed by atoms with Gasteiger partial charge in [-0.25, -0.2) is 4.98 Å². The smallest absolute Gasteiger partial charge is 0.354 e. The van der Waals surface area contributed by atoms with Crippen molar-refractivity contribution in [1.29, 1.82) is 0 Å². The summed E-state index contributed by atoms with van der Waals surface area (Å²) in [5.74, 6) is 0.643. The van der Waals surface area contributed by atoms with Crippen molar-refractivity contribution < 1.29 is 18.0 Å². The molecule has 3 N–H and O–H groups in total. The van der Waals surface area contributed by atoms with Crippen LogP contribution in [0.3, 0.4) is 0 Å². The van der Waals surface area contributed by atoms with E-state index in [1.165, 1.54) is 0 Å². The fourth-order valence-corrected chi connectivity index (χ4v) is 3.92. The molecule has 0 aliphatic heterocycles. The third-order valence-corrected chi connectivity index (χ3v) is 5.63. The van der Waals surface area contributed by atoms with Gasteiger partial charge in [0.05, 0.1) is 6.54 Å². The Balaban J connectivity index is 1.47. The highest BCUT2D eigenvalue weighted by Crippen LogP contribution is 2.30. The van der Waals surface area contributed by atoms with E-state index in [1.54, 1.807) is 7.05 Å². The molecule has 150 valence electrons. The van der Waals surface area contributed by atoms with Crippen molar-refractivity contribution in [2.75, 3.05) is 7.05 Å². The van der Waals surface area contributed by atoms with Gasteiger partial charge in [0.15, 0.2) is 11.7 Å². The number of amides is 1. The summed E-state index contributed by atoms with van der Waals surface area (Å²) in [5, 5.41) is 10.7. The number of nitrogens with one attached hydrogen (secondary N) is 3. The Bertz CT molecular complexity index is 686. The summed E-state index contributed by atoms with van der Waals surface area (Å²) in [6.45, 7) is 0.165. The van der Waals surface area contributed by atoms with Crippen molar-refractivity contribution in [3.05, 3.63) is 16.1 Å². The van der Waals surface area contributed by atoms with Crippen molar-refractivity contribution in [1.82, 2.24) is 20.9 Å². The van der Waals surface area contributed by atoms with E-state index in [0.717, 1.165) is 55.2 Å². The second kappa shape index (κ2) is 8.45. The molecule has 0 saturated heterocycles. The molecule has 1 aromatic heterocycles. The largest absolute Gasteiger partial charge is 0.434 e. The molecule has 2 fully saturated rings. The molecule has 0 aromatic carbocycles. The van der Waals surface area contributed by atoms with E-state index in [2.05, 4.69) is 25.9 Å². The molecule has 27 heavy (non-hydrogen) atoms. The van der Waals surface area contributed by atoms with Crippen LogP contribution in [0.25, 0.3) is 0 Å². The standard InChI is InChI=1S/C17H24F3N5OS/c1-21-16(22-8-14-25-13(9-27-14)17(18,19)20)24-12-4-2-3-10(7-12)15(26)23-11-5-6-11/h9-12H,2-8H2,1H3,(H,23,26)(H2,21,22,24). The average molecular weight is 403 g/mol. The summed E-state index contributed by atoms with van der Waals surface area (Å²) in [6.07, 6.45) is 1.24. The topological polar surface area (TPSA) is 78.4 Å². The highest BCUT2D eigenvalue weighted by molar-refractivity contribution is 7.09. The zero-order valence-electron chi connectivity index (χ0n) is 15.1. The monoisotopic (exact) mass is 403 g/mol. The van der Waals surface area contributed by atoms with Crippen LogP contribution in [0.5, 0.6) is 0 Å². The van der Waals surface area contributed by atoms with Gasteiger partial charge < -0.3 is 16.0 Å². The van der Waals surface area contributed by atoms with E-state index in [4.69, 9.17) is 0 Å². The summed E-state index contributed by atoms with van der Waals surface area (Å²) in [5.41, 5.74) is -0.871. The summed E-state index contributed by atoms with van der Waals surface area (Å²) in [6, 6.07) is 0.474. The molecule has 2 aliphatic carbocycles. The second-order valence-electron chi connectivity index (χ2n) is 7.04. The number of carbonyl (C=O) groups is 1. The summed E-state index contributed by atoms with van der Waals surface area (Å²) < 4.78 is 37.8. The molecule has 1 heterocycles. The van der Waals surface area contributed by atoms with Gasteiger partial charge in [-0.3, -0.25) is 9.79 Å². The Morgan fingerprint density at radius 2 is 2.04 bits per heavy atom. The SMILES string of the molecule is CN=C(NCc1nc(C(F)(F)F)cs1)NC1CCCC(C(=O)NC2CC2)C1. The normalized spacial score (nSPS) is 23.8. The number of rotatable bonds is 5. The molecule has 2 aliphatic rings. The number of carbonyl (C=O) groups excluding carboxylic acids is 1. The van der Waals surface area contributed by atoms with E-state index < -0.39 is 11.9 Å². The van der Waals surface area contributed by atoms with Crippen LogP contribution in [0.15, 0.2) is 10.4 Å². The maximum Gasteiger partial charge on any atom is 0.434 e. The van der Waals surface area contributed by atoms with Crippen LogP contribution in [-0.2, 0) is 17.5 Å². The lowest BCUT2D eigenvalue weighted by molar-refractivity contribution is -0.140. The molecular formula is C17H24F3N5OS. The first-order valence-corrected chi connectivity index (χ1v) is 10.0. The summed E-state index contributed by atoms with van der Waals surface area (Å²) in [4.78, 5) is 20.0. The van der Waals surface area contributed by atoms with Crippen LogP contribution in [0.2, 0.25) is 0 Å². The number of hydrogen-bond donors (Lipinski definition) is 3. The van der Waals surface area contributed by atoms with Gasteiger partial charge in [-0.15, -0.1) is 11.3 Å². The lowest BCUT2D eigenvalue weighted by Crippen LogP contribution is -2.47. The Hall–Kier alpha value is -1.84. The lowest BCUT2D eigenvalue weighted by Gasteiger charge is -2.30. The van der Waals surface area contributed by atoms with E-state index in [1.807, 2.05) is 0 Å². The van der Waals surface area contributed by atoms with Gasteiger partial charge in [0, 0.05) is 30.4 Å². The van der Waals surface area contributed by atoms with Crippen LogP contribution < -0.4 is 16.0 Å². The van der Waals surface area contributed by atoms with E-state index in [0.29, 0.717) is 17.0 Å². The zero-order chi connectivity index (χ0) is 19.4. The molecule has 6 nitrogen and oxygen atoms in total. The van der Waals surface area contributed by atoms with Gasteiger partial charge >= 0.3 is 6.18 Å². The summed E-state index contributed by atoms with van der Waals surface area (Å²) >= 11 is 0.962. The minimum absolute atomic E-state index is 0.00302. The molecule has 1 aromatic rings.